The molecular formula is C19H22N4OS2. The van der Waals surface area contributed by atoms with Crippen LogP contribution in [-0.2, 0) is 17.8 Å². The molecule has 0 unspecified atom stereocenters. The highest BCUT2D eigenvalue weighted by atomic mass is 32.2. The predicted molar refractivity (Wildman–Crippen MR) is 109 cm³/mol. The smallest absolute Gasteiger partial charge is 0.234 e. The van der Waals surface area contributed by atoms with Gasteiger partial charge in [-0.1, -0.05) is 30.8 Å². The van der Waals surface area contributed by atoms with Gasteiger partial charge in [-0.25, -0.2) is 0 Å². The van der Waals surface area contributed by atoms with E-state index in [9.17, 15) is 4.79 Å². The van der Waals surface area contributed by atoms with Crippen LogP contribution in [0.2, 0.25) is 0 Å². The summed E-state index contributed by atoms with van der Waals surface area (Å²) in [6, 6.07) is 10.1. The molecule has 0 radical (unpaired) electrons. The highest BCUT2D eigenvalue weighted by Gasteiger charge is 2.15. The van der Waals surface area contributed by atoms with Crippen LogP contribution >= 0.6 is 23.1 Å². The predicted octanol–water partition coefficient (Wildman–Crippen LogP) is 4.63. The van der Waals surface area contributed by atoms with Crippen molar-refractivity contribution in [1.82, 2.24) is 14.8 Å². The molecule has 0 fully saturated rings. The van der Waals surface area contributed by atoms with Crippen molar-refractivity contribution in [1.29, 1.82) is 0 Å². The normalized spacial score (nSPS) is 10.9. The fourth-order valence-corrected chi connectivity index (χ4v) is 4.09. The number of aromatic nitrogens is 3. The second-order valence-corrected chi connectivity index (χ2v) is 7.94. The number of nitrogens with one attached hydrogen (secondary N) is 1. The Morgan fingerprint density at radius 3 is 2.62 bits per heavy atom. The van der Waals surface area contributed by atoms with Crippen molar-refractivity contribution in [2.24, 2.45) is 0 Å². The van der Waals surface area contributed by atoms with Crippen molar-refractivity contribution in [3.05, 3.63) is 46.2 Å². The molecular weight excluding hydrogens is 364 g/mol. The lowest BCUT2D eigenvalue weighted by molar-refractivity contribution is -0.113. The zero-order chi connectivity index (χ0) is 18.5. The molecule has 5 nitrogen and oxygen atoms in total. The van der Waals surface area contributed by atoms with Gasteiger partial charge in [-0.3, -0.25) is 4.79 Å². The number of aryl methyl sites for hydroxylation is 2. The van der Waals surface area contributed by atoms with Crippen molar-refractivity contribution in [2.75, 3.05) is 11.1 Å². The number of nitrogens with zero attached hydrogens (tertiary/aromatic N) is 3. The van der Waals surface area contributed by atoms with Gasteiger partial charge in [-0.05, 0) is 44.0 Å². The molecule has 136 valence electrons. The van der Waals surface area contributed by atoms with Crippen LogP contribution < -0.4 is 5.32 Å². The van der Waals surface area contributed by atoms with Crippen molar-refractivity contribution < 1.29 is 4.79 Å². The lowest BCUT2D eigenvalue weighted by Crippen LogP contribution is -2.14. The van der Waals surface area contributed by atoms with E-state index in [-0.39, 0.29) is 5.91 Å². The molecule has 1 N–H and O–H groups in total. The molecule has 0 aliphatic heterocycles. The van der Waals surface area contributed by atoms with Crippen molar-refractivity contribution in [3.63, 3.8) is 0 Å². The first kappa shape index (κ1) is 18.7. The van der Waals surface area contributed by atoms with Crippen LogP contribution in [0.15, 0.2) is 40.9 Å². The molecule has 1 amide bonds. The van der Waals surface area contributed by atoms with Gasteiger partial charge in [0.2, 0.25) is 5.91 Å². The van der Waals surface area contributed by atoms with Crippen LogP contribution in [0.25, 0.3) is 11.4 Å². The Bertz CT molecular complexity index is 883. The first-order chi connectivity index (χ1) is 12.6. The lowest BCUT2D eigenvalue weighted by atomic mass is 10.1. The molecule has 2 heterocycles. The summed E-state index contributed by atoms with van der Waals surface area (Å²) in [5, 5.41) is 14.4. The second kappa shape index (κ2) is 8.51. The maximum Gasteiger partial charge on any atom is 0.234 e. The minimum Gasteiger partial charge on any atom is -0.325 e. The minimum absolute atomic E-state index is 0.0437. The number of thiophene rings is 1. The molecule has 3 aromatic rings. The summed E-state index contributed by atoms with van der Waals surface area (Å²) >= 11 is 3.11. The maximum absolute atomic E-state index is 12.2. The van der Waals surface area contributed by atoms with Crippen molar-refractivity contribution in [3.8, 4) is 11.4 Å². The summed E-state index contributed by atoms with van der Waals surface area (Å²) in [5.41, 5.74) is 3.15. The fourth-order valence-electron chi connectivity index (χ4n) is 2.61. The van der Waals surface area contributed by atoms with Gasteiger partial charge < -0.3 is 9.88 Å². The molecule has 7 heteroatoms. The number of benzene rings is 1. The van der Waals surface area contributed by atoms with E-state index in [2.05, 4.69) is 52.3 Å². The summed E-state index contributed by atoms with van der Waals surface area (Å²) < 4.78 is 2.05. The lowest BCUT2D eigenvalue weighted by Gasteiger charge is -2.07. The van der Waals surface area contributed by atoms with Crippen LogP contribution in [0.1, 0.15) is 24.3 Å². The van der Waals surface area contributed by atoms with Crippen LogP contribution in [-0.4, -0.2) is 26.4 Å². The monoisotopic (exact) mass is 386 g/mol. The molecule has 0 bridgehead atoms. The van der Waals surface area contributed by atoms with E-state index in [1.165, 1.54) is 22.2 Å². The highest BCUT2D eigenvalue weighted by molar-refractivity contribution is 7.99. The van der Waals surface area contributed by atoms with Gasteiger partial charge in [0.25, 0.3) is 0 Å². The Morgan fingerprint density at radius 2 is 2.00 bits per heavy atom. The molecule has 0 saturated carbocycles. The largest absolute Gasteiger partial charge is 0.325 e. The quantitative estimate of drug-likeness (QED) is 0.602. The molecule has 0 aliphatic rings. The molecule has 0 atom stereocenters. The second-order valence-electron chi connectivity index (χ2n) is 5.88. The first-order valence-corrected chi connectivity index (χ1v) is 10.5. The zero-order valence-electron chi connectivity index (χ0n) is 15.2. The molecule has 2 aromatic heterocycles. The van der Waals surface area contributed by atoms with Gasteiger partial charge in [0.05, 0.1) is 5.75 Å². The summed E-state index contributed by atoms with van der Waals surface area (Å²) in [4.78, 5) is 13.5. The standard InChI is InChI=1S/C19H22N4OS2/c1-4-14-6-8-16(9-7-14)20-17(24)12-26-19-22-21-18(23(19)5-2)15-10-13(3)25-11-15/h6-11H,4-5,12H2,1-3H3,(H,20,24). The van der Waals surface area contributed by atoms with Gasteiger partial charge in [-0.15, -0.1) is 21.5 Å². The van der Waals surface area contributed by atoms with Gasteiger partial charge in [0.1, 0.15) is 0 Å². The third-order valence-corrected chi connectivity index (χ3v) is 5.83. The number of carbonyl (C=O) groups is 1. The van der Waals surface area contributed by atoms with E-state index in [0.29, 0.717) is 5.75 Å². The van der Waals surface area contributed by atoms with E-state index in [1.54, 1.807) is 11.3 Å². The number of anilines is 1. The number of hydrogen-bond donors (Lipinski definition) is 1. The maximum atomic E-state index is 12.2. The number of thioether (sulfide) groups is 1. The van der Waals surface area contributed by atoms with Crippen LogP contribution in [0.3, 0.4) is 0 Å². The third kappa shape index (κ3) is 4.34. The Morgan fingerprint density at radius 1 is 1.23 bits per heavy atom. The summed E-state index contributed by atoms with van der Waals surface area (Å²) in [7, 11) is 0. The highest BCUT2D eigenvalue weighted by Crippen LogP contribution is 2.27. The Labute approximate surface area is 161 Å². The number of rotatable bonds is 7. The summed E-state index contributed by atoms with van der Waals surface area (Å²) in [6.45, 7) is 7.01. The van der Waals surface area contributed by atoms with Gasteiger partial charge >= 0.3 is 0 Å². The van der Waals surface area contributed by atoms with Gasteiger partial charge in [-0.2, -0.15) is 0 Å². The third-order valence-electron chi connectivity index (χ3n) is 4.00. The Balaban J connectivity index is 1.63. The van der Waals surface area contributed by atoms with Gasteiger partial charge in [0.15, 0.2) is 11.0 Å². The van der Waals surface area contributed by atoms with Crippen molar-refractivity contribution >= 4 is 34.7 Å². The number of carbonyl (C=O) groups excluding carboxylic acids is 1. The Hall–Kier alpha value is -2.12. The van der Waals surface area contributed by atoms with E-state index in [4.69, 9.17) is 0 Å². The van der Waals surface area contributed by atoms with E-state index < -0.39 is 0 Å². The molecule has 0 saturated heterocycles. The van der Waals surface area contributed by atoms with E-state index >= 15 is 0 Å². The molecule has 0 aliphatic carbocycles. The van der Waals surface area contributed by atoms with Crippen LogP contribution in [0.5, 0.6) is 0 Å². The summed E-state index contributed by atoms with van der Waals surface area (Å²) in [5.74, 6) is 1.11. The topological polar surface area (TPSA) is 59.8 Å². The van der Waals surface area contributed by atoms with Crippen LogP contribution in [0, 0.1) is 6.92 Å². The summed E-state index contributed by atoms with van der Waals surface area (Å²) in [6.07, 6.45) is 0.989. The van der Waals surface area contributed by atoms with E-state index in [1.807, 2.05) is 24.3 Å². The fraction of sp³-hybridized carbons (Fsp3) is 0.316. The Kier molecular flexibility index (Phi) is 6.11. The van der Waals surface area contributed by atoms with Crippen molar-refractivity contribution in [2.45, 2.75) is 38.9 Å². The average molecular weight is 387 g/mol. The van der Waals surface area contributed by atoms with Gasteiger partial charge in [0, 0.05) is 28.1 Å². The SMILES string of the molecule is CCc1ccc(NC(=O)CSc2nnc(-c3csc(C)c3)n2CC)cc1. The number of amides is 1. The minimum atomic E-state index is -0.0437. The zero-order valence-corrected chi connectivity index (χ0v) is 16.8. The first-order valence-electron chi connectivity index (χ1n) is 8.61. The molecule has 3 rings (SSSR count). The van der Waals surface area contributed by atoms with Crippen LogP contribution in [0.4, 0.5) is 5.69 Å². The molecule has 26 heavy (non-hydrogen) atoms. The molecule has 0 spiro atoms. The number of hydrogen-bond acceptors (Lipinski definition) is 5. The molecule has 1 aromatic carbocycles. The van der Waals surface area contributed by atoms with E-state index in [0.717, 1.165) is 35.2 Å². The average Bonchev–Trinajstić information content (AvgIpc) is 3.26.